The average molecular weight is 350 g/mol. The summed E-state index contributed by atoms with van der Waals surface area (Å²) in [5, 5.41) is 16.1. The van der Waals surface area contributed by atoms with E-state index in [9.17, 15) is 0 Å². The van der Waals surface area contributed by atoms with Crippen molar-refractivity contribution in [3.05, 3.63) is 59.9 Å². The summed E-state index contributed by atoms with van der Waals surface area (Å²) in [5.41, 5.74) is 3.06. The van der Waals surface area contributed by atoms with Crippen molar-refractivity contribution in [3.8, 4) is 17.5 Å². The van der Waals surface area contributed by atoms with Gasteiger partial charge in [0.25, 0.3) is 5.89 Å². The van der Waals surface area contributed by atoms with Crippen LogP contribution in [0.15, 0.2) is 57.9 Å². The highest BCUT2D eigenvalue weighted by molar-refractivity contribution is 7.99. The molecule has 0 radical (unpaired) electrons. The van der Waals surface area contributed by atoms with Crippen molar-refractivity contribution >= 4 is 17.4 Å². The molecule has 126 valence electrons. The number of aryl methyl sites for hydroxylation is 1. The van der Waals surface area contributed by atoms with Crippen LogP contribution in [0.4, 0.5) is 5.69 Å². The van der Waals surface area contributed by atoms with Gasteiger partial charge in [-0.1, -0.05) is 35.5 Å². The van der Waals surface area contributed by atoms with Crippen LogP contribution in [0.2, 0.25) is 0 Å². The molecule has 1 N–H and O–H groups in total. The van der Waals surface area contributed by atoms with Gasteiger partial charge >= 0.3 is 0 Å². The maximum atomic E-state index is 8.68. The van der Waals surface area contributed by atoms with E-state index in [0.717, 1.165) is 27.5 Å². The standard InChI is InChI=1S/C19H18N4OS/c1-14-7-2-3-8-15(14)19-22-18(23-24-19)13-21-16-9-4-5-10-17(16)25-12-6-11-20/h2-5,7-10,21H,6,12-13H2,1H3. The SMILES string of the molecule is Cc1ccccc1-c1nc(CNc2ccccc2SCCC#N)no1. The van der Waals surface area contributed by atoms with Crippen LogP contribution in [0.5, 0.6) is 0 Å². The molecule has 5 nitrogen and oxygen atoms in total. The maximum absolute atomic E-state index is 8.68. The number of para-hydroxylation sites is 1. The van der Waals surface area contributed by atoms with Crippen molar-refractivity contribution in [2.45, 2.75) is 24.8 Å². The Morgan fingerprint density at radius 2 is 1.96 bits per heavy atom. The Balaban J connectivity index is 1.67. The molecule has 1 aromatic heterocycles. The average Bonchev–Trinajstić information content (AvgIpc) is 3.10. The number of hydrogen-bond donors (Lipinski definition) is 1. The van der Waals surface area contributed by atoms with Crippen molar-refractivity contribution < 1.29 is 4.52 Å². The van der Waals surface area contributed by atoms with E-state index < -0.39 is 0 Å². The molecule has 0 saturated heterocycles. The second kappa shape index (κ2) is 8.36. The first-order valence-electron chi connectivity index (χ1n) is 7.99. The van der Waals surface area contributed by atoms with Gasteiger partial charge in [-0.25, -0.2) is 0 Å². The maximum Gasteiger partial charge on any atom is 0.258 e. The van der Waals surface area contributed by atoms with Gasteiger partial charge in [0.15, 0.2) is 5.82 Å². The minimum Gasteiger partial charge on any atom is -0.377 e. The highest BCUT2D eigenvalue weighted by Crippen LogP contribution is 2.28. The first kappa shape index (κ1) is 17.1. The summed E-state index contributed by atoms with van der Waals surface area (Å²) < 4.78 is 5.39. The molecule has 25 heavy (non-hydrogen) atoms. The Labute approximate surface area is 151 Å². The number of nitrogens with zero attached hydrogens (tertiary/aromatic N) is 3. The number of benzene rings is 2. The van der Waals surface area contributed by atoms with Gasteiger partial charge in [0.2, 0.25) is 0 Å². The number of rotatable bonds is 7. The van der Waals surface area contributed by atoms with Crippen LogP contribution in [-0.4, -0.2) is 15.9 Å². The van der Waals surface area contributed by atoms with Gasteiger partial charge in [0.1, 0.15) is 0 Å². The van der Waals surface area contributed by atoms with Crippen molar-refractivity contribution in [1.82, 2.24) is 10.1 Å². The van der Waals surface area contributed by atoms with E-state index in [2.05, 4.69) is 21.5 Å². The van der Waals surface area contributed by atoms with E-state index >= 15 is 0 Å². The van der Waals surface area contributed by atoms with Crippen molar-refractivity contribution in [2.24, 2.45) is 0 Å². The van der Waals surface area contributed by atoms with E-state index in [4.69, 9.17) is 9.78 Å². The fraction of sp³-hybridized carbons (Fsp3) is 0.211. The van der Waals surface area contributed by atoms with Gasteiger partial charge in [-0.3, -0.25) is 0 Å². The Bertz CT molecular complexity index is 885. The minimum absolute atomic E-state index is 0.477. The Hall–Kier alpha value is -2.78. The fourth-order valence-corrected chi connectivity index (χ4v) is 3.25. The number of hydrogen-bond acceptors (Lipinski definition) is 6. The van der Waals surface area contributed by atoms with Gasteiger partial charge < -0.3 is 9.84 Å². The zero-order valence-corrected chi connectivity index (χ0v) is 14.7. The van der Waals surface area contributed by atoms with E-state index in [1.807, 2.05) is 55.5 Å². The third-order valence-electron chi connectivity index (χ3n) is 3.64. The van der Waals surface area contributed by atoms with Crippen LogP contribution in [0.3, 0.4) is 0 Å². The third kappa shape index (κ3) is 4.40. The summed E-state index contributed by atoms with van der Waals surface area (Å²) in [6.45, 7) is 2.50. The molecule has 0 fully saturated rings. The monoisotopic (exact) mass is 350 g/mol. The Morgan fingerprint density at radius 1 is 1.16 bits per heavy atom. The molecule has 6 heteroatoms. The first-order chi connectivity index (χ1) is 12.3. The molecule has 0 spiro atoms. The van der Waals surface area contributed by atoms with Crippen LogP contribution in [-0.2, 0) is 6.54 Å². The lowest BCUT2D eigenvalue weighted by molar-refractivity contribution is 0.423. The fourth-order valence-electron chi connectivity index (χ4n) is 2.37. The third-order valence-corrected chi connectivity index (χ3v) is 4.71. The molecule has 0 aliphatic rings. The van der Waals surface area contributed by atoms with Crippen molar-refractivity contribution in [2.75, 3.05) is 11.1 Å². The van der Waals surface area contributed by atoms with Crippen LogP contribution < -0.4 is 5.32 Å². The van der Waals surface area contributed by atoms with Crippen molar-refractivity contribution in [1.29, 1.82) is 5.26 Å². The number of nitrogens with one attached hydrogen (secondary N) is 1. The van der Waals surface area contributed by atoms with E-state index in [-0.39, 0.29) is 0 Å². The van der Waals surface area contributed by atoms with Gasteiger partial charge in [-0.05, 0) is 30.7 Å². The van der Waals surface area contributed by atoms with Crippen LogP contribution in [0.1, 0.15) is 17.8 Å². The predicted molar refractivity (Wildman–Crippen MR) is 99.2 cm³/mol. The zero-order valence-electron chi connectivity index (χ0n) is 13.9. The minimum atomic E-state index is 0.477. The lowest BCUT2D eigenvalue weighted by atomic mass is 10.1. The first-order valence-corrected chi connectivity index (χ1v) is 8.97. The second-order valence-electron chi connectivity index (χ2n) is 5.44. The van der Waals surface area contributed by atoms with E-state index in [0.29, 0.717) is 24.7 Å². The summed E-state index contributed by atoms with van der Waals surface area (Å²) in [6.07, 6.45) is 0.531. The van der Waals surface area contributed by atoms with Crippen LogP contribution >= 0.6 is 11.8 Å². The molecule has 2 aromatic carbocycles. The predicted octanol–water partition coefficient (Wildman–Crippen LogP) is 4.66. The van der Waals surface area contributed by atoms with E-state index in [1.54, 1.807) is 11.8 Å². The molecule has 0 amide bonds. The molecule has 0 unspecified atom stereocenters. The van der Waals surface area contributed by atoms with Crippen LogP contribution in [0, 0.1) is 18.3 Å². The summed E-state index contributed by atoms with van der Waals surface area (Å²) in [4.78, 5) is 5.58. The zero-order chi connectivity index (χ0) is 17.5. The molecule has 3 rings (SSSR count). The largest absolute Gasteiger partial charge is 0.377 e. The van der Waals surface area contributed by atoms with Gasteiger partial charge in [-0.2, -0.15) is 10.2 Å². The molecule has 3 aromatic rings. The number of aromatic nitrogens is 2. The van der Waals surface area contributed by atoms with Gasteiger partial charge in [0.05, 0.1) is 12.6 Å². The van der Waals surface area contributed by atoms with E-state index in [1.165, 1.54) is 0 Å². The summed E-state index contributed by atoms with van der Waals surface area (Å²) in [6, 6.07) is 18.1. The normalized spacial score (nSPS) is 10.4. The molecule has 1 heterocycles. The molecule has 0 aliphatic heterocycles. The Kier molecular flexibility index (Phi) is 5.70. The topological polar surface area (TPSA) is 74.7 Å². The molecule has 0 atom stereocenters. The molecule has 0 saturated carbocycles. The summed E-state index contributed by atoms with van der Waals surface area (Å²) in [5.74, 6) is 1.91. The lowest BCUT2D eigenvalue weighted by Crippen LogP contribution is -2.02. The highest BCUT2D eigenvalue weighted by atomic mass is 32.2. The Morgan fingerprint density at radius 3 is 2.80 bits per heavy atom. The quantitative estimate of drug-likeness (QED) is 0.493. The summed E-state index contributed by atoms with van der Waals surface area (Å²) >= 11 is 1.66. The molecular formula is C19H18N4OS. The summed E-state index contributed by atoms with van der Waals surface area (Å²) in [7, 11) is 0. The second-order valence-corrected chi connectivity index (χ2v) is 6.57. The number of anilines is 1. The van der Waals surface area contributed by atoms with Gasteiger partial charge in [0, 0.05) is 28.3 Å². The smallest absolute Gasteiger partial charge is 0.258 e. The molecular weight excluding hydrogens is 332 g/mol. The molecule has 0 aliphatic carbocycles. The number of nitriles is 1. The lowest BCUT2D eigenvalue weighted by Gasteiger charge is -2.09. The van der Waals surface area contributed by atoms with Gasteiger partial charge in [-0.15, -0.1) is 11.8 Å². The number of thioether (sulfide) groups is 1. The van der Waals surface area contributed by atoms with Crippen LogP contribution in [0.25, 0.3) is 11.5 Å². The molecule has 0 bridgehead atoms. The highest BCUT2D eigenvalue weighted by Gasteiger charge is 2.11. The van der Waals surface area contributed by atoms with Crippen molar-refractivity contribution in [3.63, 3.8) is 0 Å².